The molecular weight excluding hydrogens is 242 g/mol. The maximum atomic E-state index is 5.90. The number of halogens is 1. The molecule has 0 aliphatic rings. The highest BCUT2D eigenvalue weighted by molar-refractivity contribution is 7.16. The van der Waals surface area contributed by atoms with Gasteiger partial charge >= 0.3 is 0 Å². The van der Waals surface area contributed by atoms with Crippen LogP contribution in [0.5, 0.6) is 0 Å². The van der Waals surface area contributed by atoms with Gasteiger partial charge in [0, 0.05) is 18.0 Å². The fourth-order valence-electron chi connectivity index (χ4n) is 1.60. The van der Waals surface area contributed by atoms with E-state index in [1.165, 1.54) is 4.88 Å². The lowest BCUT2D eigenvalue weighted by atomic mass is 10.1. The summed E-state index contributed by atoms with van der Waals surface area (Å²) in [5.41, 5.74) is 0. The van der Waals surface area contributed by atoms with Gasteiger partial charge in [0.25, 0.3) is 0 Å². The Bertz CT molecular complexity index is 290. The van der Waals surface area contributed by atoms with Gasteiger partial charge in [-0.1, -0.05) is 18.5 Å². The lowest BCUT2D eigenvalue weighted by Gasteiger charge is -2.16. The number of nitrogens with one attached hydrogen (secondary N) is 1. The van der Waals surface area contributed by atoms with Crippen LogP contribution in [0.2, 0.25) is 4.34 Å². The van der Waals surface area contributed by atoms with Crippen molar-refractivity contribution in [3.8, 4) is 0 Å². The second-order valence-electron chi connectivity index (χ2n) is 3.85. The van der Waals surface area contributed by atoms with E-state index in [0.717, 1.165) is 36.8 Å². The van der Waals surface area contributed by atoms with Crippen molar-refractivity contribution in [2.75, 3.05) is 20.3 Å². The van der Waals surface area contributed by atoms with E-state index in [4.69, 9.17) is 16.3 Å². The first-order chi connectivity index (χ1) is 7.76. The predicted molar refractivity (Wildman–Crippen MR) is 71.6 cm³/mol. The second-order valence-corrected chi connectivity index (χ2v) is 5.65. The number of thiophene rings is 1. The van der Waals surface area contributed by atoms with E-state index in [0.29, 0.717) is 6.04 Å². The molecule has 1 heterocycles. The Morgan fingerprint density at radius 2 is 2.31 bits per heavy atom. The molecular formula is C12H20ClNOS. The van der Waals surface area contributed by atoms with E-state index in [2.05, 4.69) is 18.3 Å². The van der Waals surface area contributed by atoms with Crippen LogP contribution in [-0.4, -0.2) is 26.3 Å². The maximum Gasteiger partial charge on any atom is 0.0931 e. The quantitative estimate of drug-likeness (QED) is 0.775. The van der Waals surface area contributed by atoms with Crippen molar-refractivity contribution in [2.45, 2.75) is 32.2 Å². The first-order valence-electron chi connectivity index (χ1n) is 5.72. The highest BCUT2D eigenvalue weighted by Gasteiger charge is 2.08. The Labute approximate surface area is 107 Å². The maximum absolute atomic E-state index is 5.90. The summed E-state index contributed by atoms with van der Waals surface area (Å²) in [6.45, 7) is 4.01. The minimum atomic E-state index is 0.450. The van der Waals surface area contributed by atoms with Gasteiger partial charge in [-0.05, 0) is 37.9 Å². The van der Waals surface area contributed by atoms with E-state index in [-0.39, 0.29) is 0 Å². The SMILES string of the molecule is CCCNC(CCc1ccc(Cl)s1)COC. The molecule has 0 bridgehead atoms. The standard InChI is InChI=1S/C12H20ClNOS/c1-3-8-14-10(9-15-2)4-5-11-6-7-12(13)16-11/h6-7,10,14H,3-5,8-9H2,1-2H3. The normalized spacial score (nSPS) is 12.9. The first-order valence-corrected chi connectivity index (χ1v) is 6.92. The molecule has 0 radical (unpaired) electrons. The largest absolute Gasteiger partial charge is 0.383 e. The van der Waals surface area contributed by atoms with Crippen molar-refractivity contribution >= 4 is 22.9 Å². The van der Waals surface area contributed by atoms with E-state index in [9.17, 15) is 0 Å². The van der Waals surface area contributed by atoms with Crippen molar-refractivity contribution in [2.24, 2.45) is 0 Å². The van der Waals surface area contributed by atoms with E-state index < -0.39 is 0 Å². The molecule has 0 saturated heterocycles. The second kappa shape index (κ2) is 8.07. The van der Waals surface area contributed by atoms with Crippen molar-refractivity contribution in [3.63, 3.8) is 0 Å². The van der Waals surface area contributed by atoms with Crippen LogP contribution in [-0.2, 0) is 11.2 Å². The Hall–Kier alpha value is -0.0900. The monoisotopic (exact) mass is 261 g/mol. The molecule has 16 heavy (non-hydrogen) atoms. The third kappa shape index (κ3) is 5.30. The highest BCUT2D eigenvalue weighted by atomic mass is 35.5. The molecule has 0 aliphatic heterocycles. The Balaban J connectivity index is 2.30. The first kappa shape index (κ1) is 14.0. The van der Waals surface area contributed by atoms with Gasteiger partial charge in [-0.25, -0.2) is 0 Å². The van der Waals surface area contributed by atoms with Crippen LogP contribution in [0.25, 0.3) is 0 Å². The molecule has 1 N–H and O–H groups in total. The summed E-state index contributed by atoms with van der Waals surface area (Å²) in [5, 5.41) is 3.49. The summed E-state index contributed by atoms with van der Waals surface area (Å²) < 4.78 is 6.08. The van der Waals surface area contributed by atoms with Gasteiger partial charge in [0.1, 0.15) is 0 Å². The zero-order valence-electron chi connectivity index (χ0n) is 9.96. The minimum Gasteiger partial charge on any atom is -0.383 e. The van der Waals surface area contributed by atoms with E-state index in [1.54, 1.807) is 18.4 Å². The molecule has 1 unspecified atom stereocenters. The topological polar surface area (TPSA) is 21.3 Å². The van der Waals surface area contributed by atoms with E-state index >= 15 is 0 Å². The summed E-state index contributed by atoms with van der Waals surface area (Å²) in [5.74, 6) is 0. The Morgan fingerprint density at radius 3 is 2.88 bits per heavy atom. The average Bonchev–Trinajstić information content (AvgIpc) is 2.68. The smallest absolute Gasteiger partial charge is 0.0931 e. The number of hydrogen-bond donors (Lipinski definition) is 1. The van der Waals surface area contributed by atoms with Crippen molar-refractivity contribution < 1.29 is 4.74 Å². The van der Waals surface area contributed by atoms with E-state index in [1.807, 2.05) is 6.07 Å². The summed E-state index contributed by atoms with van der Waals surface area (Å²) in [6.07, 6.45) is 3.33. The van der Waals surface area contributed by atoms with Crippen LogP contribution in [0.1, 0.15) is 24.6 Å². The fraction of sp³-hybridized carbons (Fsp3) is 0.667. The van der Waals surface area contributed by atoms with Gasteiger partial charge in [-0.3, -0.25) is 0 Å². The van der Waals surface area contributed by atoms with Gasteiger partial charge in [0.2, 0.25) is 0 Å². The van der Waals surface area contributed by atoms with Crippen molar-refractivity contribution in [1.29, 1.82) is 0 Å². The summed E-state index contributed by atoms with van der Waals surface area (Å²) in [7, 11) is 1.75. The molecule has 1 aromatic heterocycles. The zero-order valence-corrected chi connectivity index (χ0v) is 11.5. The molecule has 4 heteroatoms. The lowest BCUT2D eigenvalue weighted by molar-refractivity contribution is 0.163. The van der Waals surface area contributed by atoms with Crippen LogP contribution in [0.3, 0.4) is 0 Å². The fourth-order valence-corrected chi connectivity index (χ4v) is 2.70. The predicted octanol–water partition coefficient (Wildman–Crippen LogP) is 3.35. The van der Waals surface area contributed by atoms with Gasteiger partial charge in [0.05, 0.1) is 10.9 Å². The zero-order chi connectivity index (χ0) is 11.8. The van der Waals surface area contributed by atoms with Crippen LogP contribution >= 0.6 is 22.9 Å². The number of aryl methyl sites for hydroxylation is 1. The van der Waals surface area contributed by atoms with Crippen LogP contribution in [0, 0.1) is 0 Å². The Kier molecular flexibility index (Phi) is 7.05. The molecule has 0 spiro atoms. The molecule has 92 valence electrons. The molecule has 1 rings (SSSR count). The third-order valence-corrected chi connectivity index (χ3v) is 3.71. The van der Waals surface area contributed by atoms with Gasteiger partial charge < -0.3 is 10.1 Å². The van der Waals surface area contributed by atoms with Crippen LogP contribution in [0.4, 0.5) is 0 Å². The number of hydrogen-bond acceptors (Lipinski definition) is 3. The van der Waals surface area contributed by atoms with Crippen LogP contribution in [0.15, 0.2) is 12.1 Å². The van der Waals surface area contributed by atoms with Crippen molar-refractivity contribution in [1.82, 2.24) is 5.32 Å². The molecule has 0 amide bonds. The van der Waals surface area contributed by atoms with Gasteiger partial charge in [0.15, 0.2) is 0 Å². The molecule has 0 fully saturated rings. The third-order valence-electron chi connectivity index (χ3n) is 2.42. The van der Waals surface area contributed by atoms with Gasteiger partial charge in [-0.15, -0.1) is 11.3 Å². The molecule has 0 aromatic carbocycles. The van der Waals surface area contributed by atoms with Crippen LogP contribution < -0.4 is 5.32 Å². The summed E-state index contributed by atoms with van der Waals surface area (Å²) in [4.78, 5) is 1.35. The van der Waals surface area contributed by atoms with Gasteiger partial charge in [-0.2, -0.15) is 0 Å². The Morgan fingerprint density at radius 1 is 1.50 bits per heavy atom. The minimum absolute atomic E-state index is 0.450. The summed E-state index contributed by atoms with van der Waals surface area (Å²) >= 11 is 7.57. The summed E-state index contributed by atoms with van der Waals surface area (Å²) in [6, 6.07) is 4.52. The average molecular weight is 262 g/mol. The lowest BCUT2D eigenvalue weighted by Crippen LogP contribution is -2.34. The number of methoxy groups -OCH3 is 1. The molecule has 1 aromatic rings. The highest BCUT2D eigenvalue weighted by Crippen LogP contribution is 2.22. The molecule has 2 nitrogen and oxygen atoms in total. The number of ether oxygens (including phenoxy) is 1. The molecule has 0 saturated carbocycles. The molecule has 1 atom stereocenters. The van der Waals surface area contributed by atoms with Crippen molar-refractivity contribution in [3.05, 3.63) is 21.3 Å². The molecule has 0 aliphatic carbocycles. The number of rotatable bonds is 8.